The van der Waals surface area contributed by atoms with E-state index in [2.05, 4.69) is 15.3 Å². The molecule has 1 amide bonds. The van der Waals surface area contributed by atoms with E-state index in [-0.39, 0.29) is 30.0 Å². The van der Waals surface area contributed by atoms with Gasteiger partial charge in [-0.25, -0.2) is 18.0 Å². The number of amides is 1. The summed E-state index contributed by atoms with van der Waals surface area (Å²) in [4.78, 5) is 41.2. The van der Waals surface area contributed by atoms with Crippen LogP contribution >= 0.6 is 0 Å². The maximum Gasteiger partial charge on any atom is 0.326 e. The number of fused-ring (bicyclic) bond motifs is 1. The molecule has 31 heavy (non-hydrogen) atoms. The number of hydrogen-bond donors (Lipinski definition) is 4. The summed E-state index contributed by atoms with van der Waals surface area (Å²) < 4.78 is 38.4. The first-order valence-corrected chi connectivity index (χ1v) is 9.15. The van der Waals surface area contributed by atoms with Crippen LogP contribution in [-0.4, -0.2) is 31.6 Å². The first kappa shape index (κ1) is 23.8. The fourth-order valence-electron chi connectivity index (χ4n) is 2.40. The van der Waals surface area contributed by atoms with Gasteiger partial charge in [0.15, 0.2) is 0 Å². The topological polar surface area (TPSA) is 128 Å². The van der Waals surface area contributed by atoms with Gasteiger partial charge < -0.3 is 15.4 Å². The van der Waals surface area contributed by atoms with E-state index < -0.39 is 34.3 Å². The molecular weight excluding hydrogens is 417 g/mol. The third kappa shape index (κ3) is 7.70. The summed E-state index contributed by atoms with van der Waals surface area (Å²) in [5.41, 5.74) is -1.79. The van der Waals surface area contributed by atoms with Crippen molar-refractivity contribution in [2.45, 2.75) is 38.8 Å². The van der Waals surface area contributed by atoms with Crippen LogP contribution in [0.25, 0.3) is 10.9 Å². The third-order valence-corrected chi connectivity index (χ3v) is 4.00. The molecule has 0 aliphatic carbocycles. The number of aliphatic hydroxyl groups is 1. The van der Waals surface area contributed by atoms with Crippen molar-refractivity contribution in [1.29, 1.82) is 0 Å². The van der Waals surface area contributed by atoms with Crippen LogP contribution in [0, 0.1) is 17.5 Å². The molecule has 0 atom stereocenters. The standard InChI is InChI=1S/C12H16F2N2O2.C8H5FN2O2/c1-12(2,18)4-3-11(17)16-7-10-9(14)5-8(13)6-15-10;9-4-1-2-6-5(3-4)7(12)11-8(13)10-6/h5-6,18H,3-4,7H2,1-2H3,(H,16,17);1-3H,(H2,10,11,12,13). The van der Waals surface area contributed by atoms with E-state index >= 15 is 0 Å². The van der Waals surface area contributed by atoms with Gasteiger partial charge in [0, 0.05) is 12.5 Å². The van der Waals surface area contributed by atoms with Crippen LogP contribution in [0.2, 0.25) is 0 Å². The van der Waals surface area contributed by atoms with Gasteiger partial charge in [0.2, 0.25) is 5.91 Å². The second-order valence-corrected chi connectivity index (χ2v) is 7.27. The molecule has 0 saturated carbocycles. The van der Waals surface area contributed by atoms with Crippen LogP contribution in [0.3, 0.4) is 0 Å². The lowest BCUT2D eigenvalue weighted by Crippen LogP contribution is -2.27. The number of nitrogens with one attached hydrogen (secondary N) is 3. The minimum absolute atomic E-state index is 0.0204. The molecule has 0 aliphatic rings. The number of aromatic nitrogens is 3. The van der Waals surface area contributed by atoms with Gasteiger partial charge in [-0.3, -0.25) is 19.6 Å². The van der Waals surface area contributed by atoms with Crippen molar-refractivity contribution in [3.63, 3.8) is 0 Å². The van der Waals surface area contributed by atoms with Crippen LogP contribution in [0.5, 0.6) is 0 Å². The Morgan fingerprint density at radius 2 is 1.84 bits per heavy atom. The average Bonchev–Trinajstić information content (AvgIpc) is 2.66. The highest BCUT2D eigenvalue weighted by atomic mass is 19.1. The molecule has 4 N–H and O–H groups in total. The van der Waals surface area contributed by atoms with Gasteiger partial charge in [0.05, 0.1) is 34.9 Å². The van der Waals surface area contributed by atoms with E-state index in [0.717, 1.165) is 12.3 Å². The number of rotatable bonds is 5. The zero-order valence-electron chi connectivity index (χ0n) is 16.8. The Morgan fingerprint density at radius 3 is 2.48 bits per heavy atom. The fourth-order valence-corrected chi connectivity index (χ4v) is 2.40. The number of carbonyl (C=O) groups is 1. The highest BCUT2D eigenvalue weighted by molar-refractivity contribution is 5.77. The number of halogens is 3. The Hall–Kier alpha value is -3.47. The summed E-state index contributed by atoms with van der Waals surface area (Å²) in [6, 6.07) is 4.31. The van der Waals surface area contributed by atoms with Crippen molar-refractivity contribution < 1.29 is 23.1 Å². The predicted molar refractivity (Wildman–Crippen MR) is 107 cm³/mol. The second kappa shape index (κ2) is 10.0. The van der Waals surface area contributed by atoms with E-state index in [0.29, 0.717) is 18.0 Å². The van der Waals surface area contributed by atoms with Crippen molar-refractivity contribution in [2.75, 3.05) is 0 Å². The zero-order valence-corrected chi connectivity index (χ0v) is 16.8. The predicted octanol–water partition coefficient (Wildman–Crippen LogP) is 1.88. The van der Waals surface area contributed by atoms with Crippen LogP contribution in [0.15, 0.2) is 40.1 Å². The Bertz CT molecular complexity index is 1190. The summed E-state index contributed by atoms with van der Waals surface area (Å²) in [5, 5.41) is 12.0. The van der Waals surface area contributed by atoms with Crippen molar-refractivity contribution in [1.82, 2.24) is 20.3 Å². The normalized spacial score (nSPS) is 11.0. The van der Waals surface area contributed by atoms with Gasteiger partial charge in [0.1, 0.15) is 17.5 Å². The van der Waals surface area contributed by atoms with Crippen molar-refractivity contribution in [3.8, 4) is 0 Å². The molecule has 0 aliphatic heterocycles. The molecule has 0 radical (unpaired) electrons. The Balaban J connectivity index is 0.000000231. The smallest absolute Gasteiger partial charge is 0.326 e. The summed E-state index contributed by atoms with van der Waals surface area (Å²) in [7, 11) is 0. The van der Waals surface area contributed by atoms with Gasteiger partial charge in [-0.1, -0.05) is 0 Å². The molecule has 166 valence electrons. The maximum atomic E-state index is 13.2. The van der Waals surface area contributed by atoms with Crippen molar-refractivity contribution in [2.24, 2.45) is 0 Å². The quantitative estimate of drug-likeness (QED) is 0.484. The van der Waals surface area contributed by atoms with Crippen LogP contribution in [0.4, 0.5) is 13.2 Å². The second-order valence-electron chi connectivity index (χ2n) is 7.27. The van der Waals surface area contributed by atoms with Gasteiger partial charge >= 0.3 is 5.69 Å². The molecule has 0 bridgehead atoms. The fraction of sp³-hybridized carbons (Fsp3) is 0.300. The molecule has 0 spiro atoms. The number of carbonyl (C=O) groups excluding carboxylic acids is 1. The largest absolute Gasteiger partial charge is 0.390 e. The van der Waals surface area contributed by atoms with Crippen LogP contribution < -0.4 is 16.6 Å². The van der Waals surface area contributed by atoms with Crippen molar-refractivity contribution >= 4 is 16.8 Å². The molecule has 2 heterocycles. The molecule has 0 saturated heterocycles. The number of aromatic amines is 2. The van der Waals surface area contributed by atoms with E-state index in [9.17, 15) is 32.7 Å². The van der Waals surface area contributed by atoms with Gasteiger partial charge in [0.25, 0.3) is 5.56 Å². The summed E-state index contributed by atoms with van der Waals surface area (Å²) >= 11 is 0. The Morgan fingerprint density at radius 1 is 1.13 bits per heavy atom. The number of benzene rings is 1. The average molecular weight is 438 g/mol. The lowest BCUT2D eigenvalue weighted by Gasteiger charge is -2.16. The molecule has 2 aromatic heterocycles. The van der Waals surface area contributed by atoms with Crippen LogP contribution in [0.1, 0.15) is 32.4 Å². The minimum atomic E-state index is -0.920. The molecule has 8 nitrogen and oxygen atoms in total. The molecule has 1 aromatic carbocycles. The third-order valence-electron chi connectivity index (χ3n) is 4.00. The SMILES string of the molecule is CC(C)(O)CCC(=O)NCc1ncc(F)cc1F.O=c1[nH]c(=O)c2cc(F)ccc2[nH]1. The van der Waals surface area contributed by atoms with E-state index in [1.54, 1.807) is 13.8 Å². The lowest BCUT2D eigenvalue weighted by atomic mass is 10.0. The molecule has 3 rings (SSSR count). The van der Waals surface area contributed by atoms with E-state index in [1.807, 2.05) is 4.98 Å². The monoisotopic (exact) mass is 438 g/mol. The molecule has 3 aromatic rings. The Kier molecular flexibility index (Phi) is 7.70. The highest BCUT2D eigenvalue weighted by Crippen LogP contribution is 2.10. The number of hydrogen-bond acceptors (Lipinski definition) is 5. The maximum absolute atomic E-state index is 13.2. The van der Waals surface area contributed by atoms with E-state index in [1.165, 1.54) is 12.1 Å². The van der Waals surface area contributed by atoms with Crippen molar-refractivity contribution in [3.05, 3.63) is 74.4 Å². The molecule has 0 fully saturated rings. The summed E-state index contributed by atoms with van der Waals surface area (Å²) in [6.07, 6.45) is 1.33. The minimum Gasteiger partial charge on any atom is -0.390 e. The number of pyridine rings is 1. The first-order valence-electron chi connectivity index (χ1n) is 9.15. The highest BCUT2D eigenvalue weighted by Gasteiger charge is 2.15. The first-order chi connectivity index (χ1) is 14.4. The molecule has 11 heteroatoms. The van der Waals surface area contributed by atoms with Gasteiger partial charge in [-0.15, -0.1) is 0 Å². The van der Waals surface area contributed by atoms with Gasteiger partial charge in [-0.05, 0) is 38.5 Å². The lowest BCUT2D eigenvalue weighted by molar-refractivity contribution is -0.122. The summed E-state index contributed by atoms with van der Waals surface area (Å²) in [6.45, 7) is 3.10. The Labute approximate surface area is 174 Å². The number of H-pyrrole nitrogens is 2. The van der Waals surface area contributed by atoms with Crippen LogP contribution in [-0.2, 0) is 11.3 Å². The molecular formula is C20H21F3N4O4. The number of nitrogens with zero attached hydrogens (tertiary/aromatic N) is 1. The zero-order chi connectivity index (χ0) is 23.2. The summed E-state index contributed by atoms with van der Waals surface area (Å²) in [5.74, 6) is -2.38. The van der Waals surface area contributed by atoms with E-state index in [4.69, 9.17) is 0 Å². The molecule has 0 unspecified atom stereocenters. The van der Waals surface area contributed by atoms with Gasteiger partial charge in [-0.2, -0.15) is 0 Å².